The fraction of sp³-hybridized carbons (Fsp3) is 0.455. The average Bonchev–Trinajstić information content (AvgIpc) is 2.12. The maximum Gasteiger partial charge on any atom is 0.0996 e. The summed E-state index contributed by atoms with van der Waals surface area (Å²) >= 11 is 0. The molecule has 0 aromatic rings. The first-order chi connectivity index (χ1) is 6.18. The summed E-state index contributed by atoms with van der Waals surface area (Å²) in [5.41, 5.74) is 0. The maximum atomic E-state index is 12.1. The third-order valence-corrected chi connectivity index (χ3v) is 4.77. The van der Waals surface area contributed by atoms with Gasteiger partial charge in [-0.2, -0.15) is 0 Å². The Bertz CT molecular complexity index is 231. The molecule has 0 atom stereocenters. The smallest absolute Gasteiger partial charge is 0.0996 e. The Morgan fingerprint density at radius 1 is 1.23 bits per heavy atom. The van der Waals surface area contributed by atoms with Crippen molar-refractivity contribution in [1.82, 2.24) is 0 Å². The standard InChI is InChI=1S/C11H17OP/c1-4-7-10-13(12,9-6-3)11-8-5-2/h3-5H,1-2,7-11H2. The lowest BCUT2D eigenvalue weighted by atomic mass is 10.5. The van der Waals surface area contributed by atoms with Gasteiger partial charge >= 0.3 is 0 Å². The van der Waals surface area contributed by atoms with Crippen molar-refractivity contribution in [2.24, 2.45) is 0 Å². The summed E-state index contributed by atoms with van der Waals surface area (Å²) in [4.78, 5) is 0. The molecule has 0 aliphatic carbocycles. The molecule has 1 nitrogen and oxygen atoms in total. The summed E-state index contributed by atoms with van der Waals surface area (Å²) in [7, 11) is -2.13. The molecule has 0 unspecified atom stereocenters. The number of allylic oxidation sites excluding steroid dienone is 2. The molecule has 0 aliphatic heterocycles. The van der Waals surface area contributed by atoms with Gasteiger partial charge in [-0.05, 0) is 12.8 Å². The summed E-state index contributed by atoms with van der Waals surface area (Å²) < 4.78 is 12.1. The van der Waals surface area contributed by atoms with E-state index in [4.69, 9.17) is 6.42 Å². The first-order valence-corrected chi connectivity index (χ1v) is 6.67. The van der Waals surface area contributed by atoms with E-state index < -0.39 is 7.14 Å². The van der Waals surface area contributed by atoms with E-state index in [1.54, 1.807) is 12.2 Å². The number of hydrogen-bond acceptors (Lipinski definition) is 1. The van der Waals surface area contributed by atoms with Crippen LogP contribution in [0, 0.1) is 12.3 Å². The molecule has 0 N–H and O–H groups in total. The highest BCUT2D eigenvalue weighted by Crippen LogP contribution is 2.46. The fourth-order valence-corrected chi connectivity index (χ4v) is 3.27. The monoisotopic (exact) mass is 196 g/mol. The molecule has 2 heteroatoms. The molecule has 13 heavy (non-hydrogen) atoms. The van der Waals surface area contributed by atoms with Crippen LogP contribution in [0.15, 0.2) is 25.3 Å². The van der Waals surface area contributed by atoms with Crippen LogP contribution in [0.25, 0.3) is 0 Å². The van der Waals surface area contributed by atoms with E-state index in [0.717, 1.165) is 12.8 Å². The Balaban J connectivity index is 4.16. The van der Waals surface area contributed by atoms with E-state index in [0.29, 0.717) is 18.5 Å². The van der Waals surface area contributed by atoms with Crippen molar-refractivity contribution in [3.63, 3.8) is 0 Å². The molecule has 0 heterocycles. The summed E-state index contributed by atoms with van der Waals surface area (Å²) in [6.07, 6.45) is 12.1. The van der Waals surface area contributed by atoms with Gasteiger partial charge in [0.1, 0.15) is 0 Å². The SMILES string of the molecule is C#CCP(=O)(CCC=C)CCC=C. The second-order valence-corrected chi connectivity index (χ2v) is 6.35. The van der Waals surface area contributed by atoms with E-state index in [9.17, 15) is 4.57 Å². The lowest BCUT2D eigenvalue weighted by molar-refractivity contribution is 0.576. The minimum atomic E-state index is -2.13. The topological polar surface area (TPSA) is 17.1 Å². The maximum absolute atomic E-state index is 12.1. The van der Waals surface area contributed by atoms with Crippen LogP contribution in [-0.4, -0.2) is 18.5 Å². The van der Waals surface area contributed by atoms with E-state index in [2.05, 4.69) is 19.1 Å². The summed E-state index contributed by atoms with van der Waals surface area (Å²) in [6, 6.07) is 0. The zero-order valence-electron chi connectivity index (χ0n) is 8.04. The van der Waals surface area contributed by atoms with Gasteiger partial charge in [0.05, 0.1) is 13.3 Å². The van der Waals surface area contributed by atoms with Crippen molar-refractivity contribution in [2.45, 2.75) is 12.8 Å². The third-order valence-electron chi connectivity index (χ3n) is 1.86. The zero-order chi connectivity index (χ0) is 10.2. The second kappa shape index (κ2) is 6.75. The number of hydrogen-bond donors (Lipinski definition) is 0. The van der Waals surface area contributed by atoms with Crippen LogP contribution >= 0.6 is 7.14 Å². The third kappa shape index (κ3) is 5.50. The molecule has 0 rings (SSSR count). The Morgan fingerprint density at radius 2 is 1.69 bits per heavy atom. The van der Waals surface area contributed by atoms with Crippen LogP contribution in [0.5, 0.6) is 0 Å². The molecule has 0 fully saturated rings. The number of rotatable bonds is 7. The largest absolute Gasteiger partial charge is 0.323 e. The molecule has 0 saturated carbocycles. The van der Waals surface area contributed by atoms with Crippen molar-refractivity contribution in [3.8, 4) is 12.3 Å². The molecule has 0 spiro atoms. The van der Waals surface area contributed by atoms with Gasteiger partial charge in [-0.1, -0.05) is 18.1 Å². The van der Waals surface area contributed by atoms with Gasteiger partial charge < -0.3 is 4.57 Å². The van der Waals surface area contributed by atoms with Crippen LogP contribution < -0.4 is 0 Å². The zero-order valence-corrected chi connectivity index (χ0v) is 8.93. The molecule has 0 radical (unpaired) electrons. The van der Waals surface area contributed by atoms with Gasteiger partial charge in [0.25, 0.3) is 0 Å². The fourth-order valence-electron chi connectivity index (χ4n) is 1.09. The Labute approximate surface area is 81.3 Å². The van der Waals surface area contributed by atoms with E-state index in [1.807, 2.05) is 0 Å². The average molecular weight is 196 g/mol. The highest BCUT2D eigenvalue weighted by atomic mass is 31.2. The molecule has 72 valence electrons. The molecule has 0 saturated heterocycles. The summed E-state index contributed by atoms with van der Waals surface area (Å²) in [6.45, 7) is 7.22. The lowest BCUT2D eigenvalue weighted by Gasteiger charge is -2.13. The van der Waals surface area contributed by atoms with Gasteiger partial charge in [-0.25, -0.2) is 0 Å². The van der Waals surface area contributed by atoms with E-state index in [1.165, 1.54) is 0 Å². The molecular formula is C11H17OP. The lowest BCUT2D eigenvalue weighted by Crippen LogP contribution is -1.97. The summed E-state index contributed by atoms with van der Waals surface area (Å²) in [5, 5.41) is 0. The highest BCUT2D eigenvalue weighted by molar-refractivity contribution is 7.64. The molecule has 0 amide bonds. The molecule has 0 aliphatic rings. The molecule has 0 bridgehead atoms. The Kier molecular flexibility index (Phi) is 6.37. The van der Waals surface area contributed by atoms with Crippen LogP contribution in [0.1, 0.15) is 12.8 Å². The Morgan fingerprint density at radius 3 is 2.00 bits per heavy atom. The van der Waals surface area contributed by atoms with E-state index in [-0.39, 0.29) is 0 Å². The van der Waals surface area contributed by atoms with E-state index >= 15 is 0 Å². The predicted molar refractivity (Wildman–Crippen MR) is 60.7 cm³/mol. The van der Waals surface area contributed by atoms with Crippen LogP contribution in [-0.2, 0) is 4.57 Å². The van der Waals surface area contributed by atoms with Gasteiger partial charge in [0.15, 0.2) is 0 Å². The van der Waals surface area contributed by atoms with Crippen molar-refractivity contribution in [2.75, 3.05) is 18.5 Å². The van der Waals surface area contributed by atoms with Crippen molar-refractivity contribution >= 4 is 7.14 Å². The van der Waals surface area contributed by atoms with Crippen LogP contribution in [0.2, 0.25) is 0 Å². The number of terminal acetylenes is 1. The first-order valence-electron chi connectivity index (χ1n) is 4.41. The Hall–Kier alpha value is -0.730. The normalized spacial score (nSPS) is 10.4. The van der Waals surface area contributed by atoms with Gasteiger partial charge in [-0.15, -0.1) is 19.6 Å². The molecule has 0 aromatic heterocycles. The van der Waals surface area contributed by atoms with Crippen LogP contribution in [0.4, 0.5) is 0 Å². The first kappa shape index (κ1) is 12.3. The minimum absolute atomic E-state index is 0.411. The van der Waals surface area contributed by atoms with Crippen molar-refractivity contribution in [3.05, 3.63) is 25.3 Å². The highest BCUT2D eigenvalue weighted by Gasteiger charge is 2.18. The quantitative estimate of drug-likeness (QED) is 0.347. The molecular weight excluding hydrogens is 179 g/mol. The molecule has 0 aromatic carbocycles. The van der Waals surface area contributed by atoms with Gasteiger partial charge in [0.2, 0.25) is 0 Å². The van der Waals surface area contributed by atoms with Crippen LogP contribution in [0.3, 0.4) is 0 Å². The van der Waals surface area contributed by atoms with Gasteiger partial charge in [-0.3, -0.25) is 0 Å². The van der Waals surface area contributed by atoms with Gasteiger partial charge in [0, 0.05) is 12.3 Å². The predicted octanol–water partition coefficient (Wildman–Crippen LogP) is 3.13. The summed E-state index contributed by atoms with van der Waals surface area (Å²) in [5.74, 6) is 2.49. The van der Waals surface area contributed by atoms with Crippen molar-refractivity contribution in [1.29, 1.82) is 0 Å². The second-order valence-electron chi connectivity index (χ2n) is 3.02. The minimum Gasteiger partial charge on any atom is -0.323 e. The van der Waals surface area contributed by atoms with Crippen molar-refractivity contribution < 1.29 is 4.57 Å².